The summed E-state index contributed by atoms with van der Waals surface area (Å²) < 4.78 is 0. The van der Waals surface area contributed by atoms with Gasteiger partial charge in [0.2, 0.25) is 0 Å². The van der Waals surface area contributed by atoms with E-state index in [0.29, 0.717) is 6.61 Å². The van der Waals surface area contributed by atoms with Crippen molar-refractivity contribution in [3.05, 3.63) is 0 Å². The SMILES string of the molecule is CCCCCCNCCCCCCCCCCCCCCCCO. The minimum atomic E-state index is 0.371. The third-order valence-corrected chi connectivity index (χ3v) is 4.97. The maximum Gasteiger partial charge on any atom is 0.0431 e. The quantitative estimate of drug-likeness (QED) is 0.230. The predicted octanol–water partition coefficient (Wildman–Crippen LogP) is 6.61. The molecular weight excluding hydrogens is 294 g/mol. The van der Waals surface area contributed by atoms with Gasteiger partial charge in [-0.3, -0.25) is 0 Å². The molecule has 2 nitrogen and oxygen atoms in total. The van der Waals surface area contributed by atoms with E-state index in [1.807, 2.05) is 0 Å². The van der Waals surface area contributed by atoms with Crippen LogP contribution in [0.3, 0.4) is 0 Å². The lowest BCUT2D eigenvalue weighted by molar-refractivity contribution is 0.282. The van der Waals surface area contributed by atoms with Gasteiger partial charge in [0.25, 0.3) is 0 Å². The van der Waals surface area contributed by atoms with Gasteiger partial charge in [-0.2, -0.15) is 0 Å². The minimum Gasteiger partial charge on any atom is -0.396 e. The molecule has 0 aromatic heterocycles. The highest BCUT2D eigenvalue weighted by Crippen LogP contribution is 2.12. The van der Waals surface area contributed by atoms with E-state index >= 15 is 0 Å². The molecule has 0 saturated heterocycles. The van der Waals surface area contributed by atoms with Gasteiger partial charge in [-0.25, -0.2) is 0 Å². The largest absolute Gasteiger partial charge is 0.396 e. The first-order valence-corrected chi connectivity index (χ1v) is 11.2. The first-order chi connectivity index (χ1) is 11.9. The normalized spacial score (nSPS) is 11.2. The highest BCUT2D eigenvalue weighted by molar-refractivity contribution is 4.52. The Kier molecular flexibility index (Phi) is 22.8. The second-order valence-corrected chi connectivity index (χ2v) is 7.48. The van der Waals surface area contributed by atoms with Crippen LogP contribution in [0, 0.1) is 0 Å². The van der Waals surface area contributed by atoms with Crippen LogP contribution in [0.25, 0.3) is 0 Å². The first-order valence-electron chi connectivity index (χ1n) is 11.2. The summed E-state index contributed by atoms with van der Waals surface area (Å²) in [6.45, 7) is 5.09. The van der Waals surface area contributed by atoms with Gasteiger partial charge in [0.05, 0.1) is 0 Å². The number of nitrogens with one attached hydrogen (secondary N) is 1. The Morgan fingerprint density at radius 3 is 1.17 bits per heavy atom. The lowest BCUT2D eigenvalue weighted by atomic mass is 10.0. The number of aliphatic hydroxyl groups is 1. The van der Waals surface area contributed by atoms with Crippen LogP contribution in [-0.2, 0) is 0 Å². The summed E-state index contributed by atoms with van der Waals surface area (Å²) >= 11 is 0. The topological polar surface area (TPSA) is 32.3 Å². The van der Waals surface area contributed by atoms with Crippen molar-refractivity contribution in [2.45, 2.75) is 122 Å². The lowest BCUT2D eigenvalue weighted by Gasteiger charge is -2.05. The predicted molar refractivity (Wildman–Crippen MR) is 109 cm³/mol. The Morgan fingerprint density at radius 2 is 0.792 bits per heavy atom. The van der Waals surface area contributed by atoms with Crippen LogP contribution in [-0.4, -0.2) is 24.8 Å². The molecule has 0 aliphatic carbocycles. The molecule has 0 spiro atoms. The maximum atomic E-state index is 8.71. The van der Waals surface area contributed by atoms with E-state index in [1.54, 1.807) is 0 Å². The van der Waals surface area contributed by atoms with Crippen molar-refractivity contribution in [1.29, 1.82) is 0 Å². The van der Waals surface area contributed by atoms with Crippen LogP contribution in [0.5, 0.6) is 0 Å². The average Bonchev–Trinajstić information content (AvgIpc) is 2.60. The van der Waals surface area contributed by atoms with E-state index in [2.05, 4.69) is 12.2 Å². The van der Waals surface area contributed by atoms with Crippen molar-refractivity contribution in [1.82, 2.24) is 5.32 Å². The highest BCUT2D eigenvalue weighted by Gasteiger charge is 1.94. The van der Waals surface area contributed by atoms with Crippen molar-refractivity contribution < 1.29 is 5.11 Å². The van der Waals surface area contributed by atoms with E-state index in [4.69, 9.17) is 5.11 Å². The standard InChI is InChI=1S/C22H47NO/c1-2-3-4-17-20-23-21-18-15-13-11-9-7-5-6-8-10-12-14-16-19-22-24/h23-24H,2-22H2,1H3. The van der Waals surface area contributed by atoms with Crippen LogP contribution in [0.4, 0.5) is 0 Å². The molecule has 0 rings (SSSR count). The zero-order chi connectivity index (χ0) is 17.6. The summed E-state index contributed by atoms with van der Waals surface area (Å²) in [7, 11) is 0. The summed E-state index contributed by atoms with van der Waals surface area (Å²) in [5.41, 5.74) is 0. The average molecular weight is 342 g/mol. The Labute approximate surface area is 153 Å². The molecular formula is C22H47NO. The Morgan fingerprint density at radius 1 is 0.458 bits per heavy atom. The summed E-state index contributed by atoms with van der Waals surface area (Å²) in [6.07, 6.45) is 24.6. The van der Waals surface area contributed by atoms with Crippen LogP contribution < -0.4 is 5.32 Å². The second kappa shape index (κ2) is 22.9. The Bertz CT molecular complexity index is 186. The van der Waals surface area contributed by atoms with Gasteiger partial charge in [0, 0.05) is 6.61 Å². The van der Waals surface area contributed by atoms with Crippen molar-refractivity contribution in [2.24, 2.45) is 0 Å². The monoisotopic (exact) mass is 341 g/mol. The molecule has 0 aromatic carbocycles. The van der Waals surface area contributed by atoms with Gasteiger partial charge in [-0.1, -0.05) is 103 Å². The van der Waals surface area contributed by atoms with Gasteiger partial charge in [0.15, 0.2) is 0 Å². The molecule has 0 atom stereocenters. The van der Waals surface area contributed by atoms with Crippen LogP contribution >= 0.6 is 0 Å². The van der Waals surface area contributed by atoms with Gasteiger partial charge < -0.3 is 10.4 Å². The first kappa shape index (κ1) is 23.9. The number of aliphatic hydroxyl groups excluding tert-OH is 1. The lowest BCUT2D eigenvalue weighted by Crippen LogP contribution is -2.16. The van der Waals surface area contributed by atoms with E-state index in [0.717, 1.165) is 6.42 Å². The number of rotatable bonds is 21. The Hall–Kier alpha value is -0.0800. The van der Waals surface area contributed by atoms with E-state index in [9.17, 15) is 0 Å². The molecule has 0 unspecified atom stereocenters. The zero-order valence-corrected chi connectivity index (χ0v) is 16.8. The Balaban J connectivity index is 2.93. The minimum absolute atomic E-state index is 0.371. The van der Waals surface area contributed by atoms with Crippen molar-refractivity contribution in [3.8, 4) is 0 Å². The van der Waals surface area contributed by atoms with Crippen LogP contribution in [0.15, 0.2) is 0 Å². The fourth-order valence-corrected chi connectivity index (χ4v) is 3.28. The molecule has 0 saturated carbocycles. The number of hydrogen-bond donors (Lipinski definition) is 2. The number of unbranched alkanes of at least 4 members (excludes halogenated alkanes) is 16. The van der Waals surface area contributed by atoms with E-state index in [1.165, 1.54) is 122 Å². The molecule has 146 valence electrons. The summed E-state index contributed by atoms with van der Waals surface area (Å²) in [5, 5.41) is 12.3. The molecule has 0 radical (unpaired) electrons. The van der Waals surface area contributed by atoms with Crippen molar-refractivity contribution >= 4 is 0 Å². The van der Waals surface area contributed by atoms with Crippen LogP contribution in [0.1, 0.15) is 122 Å². The summed E-state index contributed by atoms with van der Waals surface area (Å²) in [4.78, 5) is 0. The molecule has 24 heavy (non-hydrogen) atoms. The van der Waals surface area contributed by atoms with Gasteiger partial charge >= 0.3 is 0 Å². The molecule has 2 N–H and O–H groups in total. The third kappa shape index (κ3) is 21.9. The molecule has 0 bridgehead atoms. The number of hydrogen-bond acceptors (Lipinski definition) is 2. The molecule has 0 aliphatic heterocycles. The molecule has 0 aliphatic rings. The van der Waals surface area contributed by atoms with Crippen molar-refractivity contribution in [2.75, 3.05) is 19.7 Å². The van der Waals surface area contributed by atoms with Crippen molar-refractivity contribution in [3.63, 3.8) is 0 Å². The zero-order valence-electron chi connectivity index (χ0n) is 16.8. The third-order valence-electron chi connectivity index (χ3n) is 4.97. The van der Waals surface area contributed by atoms with Crippen LogP contribution in [0.2, 0.25) is 0 Å². The van der Waals surface area contributed by atoms with Gasteiger partial charge in [-0.15, -0.1) is 0 Å². The molecule has 0 amide bonds. The van der Waals surface area contributed by atoms with E-state index < -0.39 is 0 Å². The fourth-order valence-electron chi connectivity index (χ4n) is 3.28. The van der Waals surface area contributed by atoms with Gasteiger partial charge in [-0.05, 0) is 32.4 Å². The molecule has 0 heterocycles. The second-order valence-electron chi connectivity index (χ2n) is 7.48. The molecule has 2 heteroatoms. The fraction of sp³-hybridized carbons (Fsp3) is 1.00. The molecule has 0 fully saturated rings. The maximum absolute atomic E-state index is 8.71. The highest BCUT2D eigenvalue weighted by atomic mass is 16.2. The molecule has 0 aromatic rings. The van der Waals surface area contributed by atoms with Gasteiger partial charge in [0.1, 0.15) is 0 Å². The smallest absolute Gasteiger partial charge is 0.0431 e. The summed E-state index contributed by atoms with van der Waals surface area (Å²) in [5.74, 6) is 0. The van der Waals surface area contributed by atoms with E-state index in [-0.39, 0.29) is 0 Å². The summed E-state index contributed by atoms with van der Waals surface area (Å²) in [6, 6.07) is 0.